The van der Waals surface area contributed by atoms with E-state index in [0.29, 0.717) is 6.54 Å². The van der Waals surface area contributed by atoms with E-state index in [1.807, 2.05) is 31.0 Å². The number of aromatic amines is 1. The second-order valence-corrected chi connectivity index (χ2v) is 9.12. The Morgan fingerprint density at radius 1 is 1.11 bits per heavy atom. The first-order chi connectivity index (χ1) is 16.9. The second kappa shape index (κ2) is 10.6. The third-order valence-corrected chi connectivity index (χ3v) is 6.50. The van der Waals surface area contributed by atoms with Crippen LogP contribution in [0.25, 0.3) is 28.5 Å². The average molecular weight is 473 g/mol. The molecule has 2 N–H and O–H groups in total. The third-order valence-electron chi connectivity index (χ3n) is 6.50. The summed E-state index contributed by atoms with van der Waals surface area (Å²) in [6.07, 6.45) is 4.82. The number of rotatable bonds is 7. The molecular weight excluding hydrogens is 440 g/mol. The summed E-state index contributed by atoms with van der Waals surface area (Å²) < 4.78 is 4.71. The van der Waals surface area contributed by atoms with Gasteiger partial charge in [-0.25, -0.2) is 9.78 Å². The number of alkyl carbamates (subject to hydrolysis) is 1. The second-order valence-electron chi connectivity index (χ2n) is 9.12. The van der Waals surface area contributed by atoms with E-state index < -0.39 is 12.1 Å². The largest absolute Gasteiger partial charge is 0.453 e. The van der Waals surface area contributed by atoms with Crippen LogP contribution in [-0.2, 0) is 9.53 Å². The summed E-state index contributed by atoms with van der Waals surface area (Å²) in [6, 6.07) is 15.8. The lowest BCUT2D eigenvalue weighted by molar-refractivity contribution is -0.135. The zero-order valence-corrected chi connectivity index (χ0v) is 20.5. The standard InChI is InChI=1S/C28H32N4O3/c1-5-19-8-10-20(11-9-19)21-12-14-22(15-13-21)23-17-29-26(30-23)24-7-6-16-32(24)27(33)25(18(2)3)31-28(34)35-4/h5,8-15,17-18,24-25H,1,6-7,16H2,2-4H3,(H,29,30)(H,31,34)/t24-,25-/m0/s1. The van der Waals surface area contributed by atoms with E-state index in [1.165, 1.54) is 7.11 Å². The minimum Gasteiger partial charge on any atom is -0.453 e. The van der Waals surface area contributed by atoms with Crippen molar-refractivity contribution >= 4 is 18.1 Å². The molecule has 0 aliphatic carbocycles. The summed E-state index contributed by atoms with van der Waals surface area (Å²) in [5.74, 6) is 0.578. The molecule has 0 radical (unpaired) electrons. The van der Waals surface area contributed by atoms with Gasteiger partial charge in [0.15, 0.2) is 0 Å². The van der Waals surface area contributed by atoms with Crippen molar-refractivity contribution in [2.24, 2.45) is 5.92 Å². The molecule has 1 fully saturated rings. The summed E-state index contributed by atoms with van der Waals surface area (Å²) >= 11 is 0. The highest BCUT2D eigenvalue weighted by atomic mass is 16.5. The number of ether oxygens (including phenoxy) is 1. The van der Waals surface area contributed by atoms with Crippen molar-refractivity contribution in [3.63, 3.8) is 0 Å². The van der Waals surface area contributed by atoms with Crippen LogP contribution in [0.4, 0.5) is 4.79 Å². The fourth-order valence-corrected chi connectivity index (χ4v) is 4.49. The number of benzene rings is 2. The molecule has 0 bridgehead atoms. The highest BCUT2D eigenvalue weighted by Gasteiger charge is 2.37. The number of hydrogen-bond donors (Lipinski definition) is 2. The zero-order chi connectivity index (χ0) is 24.9. The number of nitrogens with zero attached hydrogens (tertiary/aromatic N) is 2. The maximum absolute atomic E-state index is 13.3. The molecule has 1 aliphatic heterocycles. The molecule has 182 valence electrons. The summed E-state index contributed by atoms with van der Waals surface area (Å²) in [7, 11) is 1.30. The lowest BCUT2D eigenvalue weighted by Crippen LogP contribution is -2.51. The highest BCUT2D eigenvalue weighted by molar-refractivity contribution is 5.86. The molecule has 35 heavy (non-hydrogen) atoms. The third kappa shape index (κ3) is 5.29. The van der Waals surface area contributed by atoms with Gasteiger partial charge >= 0.3 is 6.09 Å². The van der Waals surface area contributed by atoms with E-state index in [2.05, 4.69) is 65.4 Å². The van der Waals surface area contributed by atoms with Crippen LogP contribution in [0, 0.1) is 5.92 Å². The Balaban J connectivity index is 1.50. The van der Waals surface area contributed by atoms with Gasteiger partial charge in [0.1, 0.15) is 11.9 Å². The van der Waals surface area contributed by atoms with Crippen LogP contribution >= 0.6 is 0 Å². The molecule has 2 heterocycles. The smallest absolute Gasteiger partial charge is 0.407 e. The van der Waals surface area contributed by atoms with E-state index in [9.17, 15) is 9.59 Å². The number of carbonyl (C=O) groups is 2. The molecular formula is C28H32N4O3. The van der Waals surface area contributed by atoms with Crippen molar-refractivity contribution in [1.29, 1.82) is 0 Å². The van der Waals surface area contributed by atoms with Gasteiger partial charge in [-0.1, -0.05) is 75.0 Å². The molecule has 1 aliphatic rings. The maximum Gasteiger partial charge on any atom is 0.407 e. The molecule has 0 unspecified atom stereocenters. The predicted molar refractivity (Wildman–Crippen MR) is 137 cm³/mol. The van der Waals surface area contributed by atoms with Gasteiger partial charge in [0, 0.05) is 18.3 Å². The molecule has 7 nitrogen and oxygen atoms in total. The molecule has 3 aromatic rings. The summed E-state index contributed by atoms with van der Waals surface area (Å²) in [5.41, 5.74) is 5.20. The highest BCUT2D eigenvalue weighted by Crippen LogP contribution is 2.33. The fraction of sp³-hybridized carbons (Fsp3) is 0.321. The van der Waals surface area contributed by atoms with Gasteiger partial charge in [-0.2, -0.15) is 0 Å². The van der Waals surface area contributed by atoms with Gasteiger partial charge in [0.2, 0.25) is 5.91 Å². The van der Waals surface area contributed by atoms with Crippen molar-refractivity contribution in [3.05, 3.63) is 72.7 Å². The first kappa shape index (κ1) is 24.3. The van der Waals surface area contributed by atoms with Crippen molar-refractivity contribution < 1.29 is 14.3 Å². The number of imidazole rings is 1. The Morgan fingerprint density at radius 3 is 2.34 bits per heavy atom. The topological polar surface area (TPSA) is 87.3 Å². The van der Waals surface area contributed by atoms with Crippen LogP contribution < -0.4 is 5.32 Å². The number of likely N-dealkylation sites (tertiary alicyclic amines) is 1. The van der Waals surface area contributed by atoms with Crippen molar-refractivity contribution in [3.8, 4) is 22.4 Å². The van der Waals surface area contributed by atoms with E-state index >= 15 is 0 Å². The van der Waals surface area contributed by atoms with Crippen LogP contribution in [0.15, 0.2) is 61.3 Å². The van der Waals surface area contributed by atoms with Gasteiger partial charge in [0.05, 0.1) is 18.8 Å². The number of aromatic nitrogens is 2. The molecule has 1 aromatic heterocycles. The molecule has 2 aromatic carbocycles. The monoisotopic (exact) mass is 472 g/mol. The lowest BCUT2D eigenvalue weighted by Gasteiger charge is -2.29. The Bertz CT molecular complexity index is 1180. The molecule has 2 atom stereocenters. The van der Waals surface area contributed by atoms with Gasteiger partial charge in [-0.15, -0.1) is 0 Å². The van der Waals surface area contributed by atoms with Gasteiger partial charge in [-0.3, -0.25) is 4.79 Å². The Labute approximate surface area is 206 Å². The predicted octanol–water partition coefficient (Wildman–Crippen LogP) is 5.43. The van der Waals surface area contributed by atoms with E-state index in [-0.39, 0.29) is 17.9 Å². The maximum atomic E-state index is 13.3. The Hall–Kier alpha value is -3.87. The van der Waals surface area contributed by atoms with Gasteiger partial charge in [0.25, 0.3) is 0 Å². The molecule has 2 amide bonds. The first-order valence-electron chi connectivity index (χ1n) is 11.9. The number of nitrogens with one attached hydrogen (secondary N) is 2. The Kier molecular flexibility index (Phi) is 7.34. The summed E-state index contributed by atoms with van der Waals surface area (Å²) in [6.45, 7) is 8.25. The summed E-state index contributed by atoms with van der Waals surface area (Å²) in [5, 5.41) is 2.68. The SMILES string of the molecule is C=Cc1ccc(-c2ccc(-c3c[nH]c([C@@H]4CCCN4C(=O)[C@@H](NC(=O)OC)C(C)C)n3)cc2)cc1. The number of amides is 2. The van der Waals surface area contributed by atoms with Crippen molar-refractivity contribution in [2.75, 3.05) is 13.7 Å². The van der Waals surface area contributed by atoms with Crippen molar-refractivity contribution in [2.45, 2.75) is 38.8 Å². The minimum atomic E-state index is -0.648. The van der Waals surface area contributed by atoms with Gasteiger partial charge in [-0.05, 0) is 35.4 Å². The van der Waals surface area contributed by atoms with Crippen LogP contribution in [0.2, 0.25) is 0 Å². The quantitative estimate of drug-likeness (QED) is 0.480. The minimum absolute atomic E-state index is 0.0681. The Morgan fingerprint density at radius 2 is 1.74 bits per heavy atom. The van der Waals surface area contributed by atoms with Crippen LogP contribution in [-0.4, -0.2) is 46.6 Å². The molecule has 0 saturated carbocycles. The van der Waals surface area contributed by atoms with Crippen LogP contribution in [0.1, 0.15) is 44.1 Å². The fourth-order valence-electron chi connectivity index (χ4n) is 4.49. The lowest BCUT2D eigenvalue weighted by atomic mass is 10.0. The molecule has 4 rings (SSSR count). The first-order valence-corrected chi connectivity index (χ1v) is 11.9. The normalized spacial score (nSPS) is 16.2. The number of hydrogen-bond acceptors (Lipinski definition) is 4. The molecule has 7 heteroatoms. The van der Waals surface area contributed by atoms with E-state index in [1.54, 1.807) is 0 Å². The average Bonchev–Trinajstić information content (AvgIpc) is 3.56. The number of methoxy groups -OCH3 is 1. The van der Waals surface area contributed by atoms with Gasteiger partial charge < -0.3 is 19.9 Å². The zero-order valence-electron chi connectivity index (χ0n) is 20.5. The van der Waals surface area contributed by atoms with E-state index in [4.69, 9.17) is 9.72 Å². The van der Waals surface area contributed by atoms with Crippen LogP contribution in [0.3, 0.4) is 0 Å². The van der Waals surface area contributed by atoms with Crippen molar-refractivity contribution in [1.82, 2.24) is 20.2 Å². The number of H-pyrrole nitrogens is 1. The van der Waals surface area contributed by atoms with E-state index in [0.717, 1.165) is 46.6 Å². The van der Waals surface area contributed by atoms with Crippen LogP contribution in [0.5, 0.6) is 0 Å². The molecule has 1 saturated heterocycles. The molecule has 0 spiro atoms. The number of carbonyl (C=O) groups excluding carboxylic acids is 2. The summed E-state index contributed by atoms with van der Waals surface area (Å²) in [4.78, 5) is 35.0.